The van der Waals surface area contributed by atoms with E-state index >= 15 is 0 Å². The molecule has 0 spiro atoms. The number of piperazine rings is 1. The second-order valence-electron chi connectivity index (χ2n) is 9.57. The summed E-state index contributed by atoms with van der Waals surface area (Å²) < 4.78 is 7.52. The first-order chi connectivity index (χ1) is 19.4. The molecule has 40 heavy (non-hydrogen) atoms. The van der Waals surface area contributed by atoms with Gasteiger partial charge in [-0.05, 0) is 12.1 Å². The number of carbonyl (C=O) groups is 3. The molecule has 15 nitrogen and oxygen atoms in total. The van der Waals surface area contributed by atoms with Crippen LogP contribution in [-0.4, -0.2) is 109 Å². The molecule has 15 heteroatoms. The molecule has 6 rings (SSSR count). The van der Waals surface area contributed by atoms with Gasteiger partial charge in [-0.2, -0.15) is 0 Å². The molecule has 3 aromatic rings. The molecule has 2 aromatic heterocycles. The summed E-state index contributed by atoms with van der Waals surface area (Å²) in [5, 5.41) is 23.3. The van der Waals surface area contributed by atoms with Gasteiger partial charge in [-0.15, -0.1) is 0 Å². The average molecular weight is 554 g/mol. The Hall–Kier alpha value is -4.18. The number of carbonyl (C=O) groups excluding carboxylic acids is 3. The first-order valence-corrected chi connectivity index (χ1v) is 12.8. The van der Waals surface area contributed by atoms with Gasteiger partial charge in [-0.3, -0.25) is 23.9 Å². The summed E-state index contributed by atoms with van der Waals surface area (Å²) in [6.45, 7) is 2.48. The molecule has 6 N–H and O–H groups in total. The van der Waals surface area contributed by atoms with Crippen molar-refractivity contribution < 1.29 is 29.3 Å². The molecule has 0 bridgehead atoms. The predicted molar refractivity (Wildman–Crippen MR) is 142 cm³/mol. The van der Waals surface area contributed by atoms with Gasteiger partial charge in [-0.1, -0.05) is 6.07 Å². The van der Waals surface area contributed by atoms with Crippen LogP contribution in [0.15, 0.2) is 30.9 Å². The second-order valence-corrected chi connectivity index (χ2v) is 9.57. The smallest absolute Gasteiger partial charge is 0.252 e. The minimum Gasteiger partial charge on any atom is -0.400 e. The number of aromatic nitrogens is 4. The van der Waals surface area contributed by atoms with E-state index in [1.54, 1.807) is 27.7 Å². The third kappa shape index (κ3) is 5.19. The lowest BCUT2D eigenvalue weighted by molar-refractivity contribution is -0.147. The van der Waals surface area contributed by atoms with Crippen LogP contribution in [0.5, 0.6) is 0 Å². The van der Waals surface area contributed by atoms with E-state index in [1.807, 2.05) is 4.90 Å². The molecule has 3 aliphatic heterocycles. The van der Waals surface area contributed by atoms with Gasteiger partial charge in [0.15, 0.2) is 17.7 Å². The zero-order valence-corrected chi connectivity index (χ0v) is 21.9. The number of aliphatic hydroxyl groups excluding tert-OH is 2. The monoisotopic (exact) mass is 553 g/mol. The Morgan fingerprint density at radius 1 is 1.18 bits per heavy atom. The van der Waals surface area contributed by atoms with Crippen molar-refractivity contribution in [2.75, 3.05) is 50.9 Å². The quantitative estimate of drug-likeness (QED) is 0.251. The molecule has 212 valence electrons. The van der Waals surface area contributed by atoms with Crippen LogP contribution in [0.2, 0.25) is 0 Å². The van der Waals surface area contributed by atoms with E-state index < -0.39 is 18.4 Å². The molecule has 2 fully saturated rings. The first kappa shape index (κ1) is 27.4. The molecule has 5 heterocycles. The van der Waals surface area contributed by atoms with Gasteiger partial charge >= 0.3 is 0 Å². The van der Waals surface area contributed by atoms with Gasteiger partial charge in [0.05, 0.1) is 12.9 Å². The fraction of sp³-hybridized carbons (Fsp3) is 0.440. The number of nitrogens with zero attached hydrogens (tertiary/aromatic N) is 6. The van der Waals surface area contributed by atoms with Gasteiger partial charge in [0.25, 0.3) is 11.8 Å². The van der Waals surface area contributed by atoms with Gasteiger partial charge in [-0.25, -0.2) is 15.0 Å². The SMILES string of the molecule is CO.Nc1ncnc2c1ncn2C1OC(C(=O)N2CCN(CC(=O)Nc3cccc4c3CNC4=O)CC2)C[C@H]1O. The summed E-state index contributed by atoms with van der Waals surface area (Å²) in [5.41, 5.74) is 8.67. The summed E-state index contributed by atoms with van der Waals surface area (Å²) in [7, 11) is 1.00. The van der Waals surface area contributed by atoms with Gasteiger partial charge in [0.2, 0.25) is 5.91 Å². The highest BCUT2D eigenvalue weighted by atomic mass is 16.5. The number of anilines is 2. The fourth-order valence-corrected chi connectivity index (χ4v) is 5.21. The maximum atomic E-state index is 13.2. The van der Waals surface area contributed by atoms with Crippen LogP contribution in [-0.2, 0) is 20.9 Å². The molecule has 0 radical (unpaired) electrons. The lowest BCUT2D eigenvalue weighted by Crippen LogP contribution is -2.52. The van der Waals surface area contributed by atoms with E-state index in [9.17, 15) is 19.5 Å². The molecule has 0 aliphatic carbocycles. The lowest BCUT2D eigenvalue weighted by Gasteiger charge is -2.35. The number of aliphatic hydroxyl groups is 2. The van der Waals surface area contributed by atoms with E-state index in [1.165, 1.54) is 12.7 Å². The molecule has 3 atom stereocenters. The predicted octanol–water partition coefficient (Wildman–Crippen LogP) is -1.31. The van der Waals surface area contributed by atoms with Crippen molar-refractivity contribution in [3.63, 3.8) is 0 Å². The highest BCUT2D eigenvalue weighted by molar-refractivity contribution is 6.02. The number of nitrogen functional groups attached to an aromatic ring is 1. The lowest BCUT2D eigenvalue weighted by atomic mass is 10.1. The minimum absolute atomic E-state index is 0.140. The van der Waals surface area contributed by atoms with Crippen molar-refractivity contribution in [1.29, 1.82) is 0 Å². The van der Waals surface area contributed by atoms with E-state index in [2.05, 4.69) is 25.6 Å². The second kappa shape index (κ2) is 11.5. The van der Waals surface area contributed by atoms with Crippen molar-refractivity contribution in [2.24, 2.45) is 0 Å². The minimum atomic E-state index is -0.924. The highest BCUT2D eigenvalue weighted by Crippen LogP contribution is 2.32. The number of rotatable bonds is 5. The zero-order valence-electron chi connectivity index (χ0n) is 21.9. The molecular weight excluding hydrogens is 522 g/mol. The van der Waals surface area contributed by atoms with Crippen LogP contribution in [0.25, 0.3) is 11.2 Å². The number of fused-ring (bicyclic) bond motifs is 2. The van der Waals surface area contributed by atoms with Crippen LogP contribution in [0.4, 0.5) is 11.5 Å². The largest absolute Gasteiger partial charge is 0.400 e. The molecule has 3 aliphatic rings. The van der Waals surface area contributed by atoms with Crippen molar-refractivity contribution in [1.82, 2.24) is 34.6 Å². The summed E-state index contributed by atoms with van der Waals surface area (Å²) in [6.07, 6.45) is 0.372. The van der Waals surface area contributed by atoms with Crippen molar-refractivity contribution >= 4 is 40.4 Å². The zero-order chi connectivity index (χ0) is 28.4. The van der Waals surface area contributed by atoms with Gasteiger partial charge in [0.1, 0.15) is 24.1 Å². The Balaban J connectivity index is 0.00000158. The molecule has 1 aromatic carbocycles. The van der Waals surface area contributed by atoms with E-state index in [4.69, 9.17) is 15.6 Å². The van der Waals surface area contributed by atoms with Crippen LogP contribution in [0.1, 0.15) is 28.6 Å². The van der Waals surface area contributed by atoms with Crippen LogP contribution >= 0.6 is 0 Å². The Bertz CT molecular complexity index is 1420. The van der Waals surface area contributed by atoms with Gasteiger partial charge in [0, 0.05) is 63.1 Å². The fourth-order valence-electron chi connectivity index (χ4n) is 5.21. The molecular formula is C25H31N9O6. The number of amides is 3. The molecule has 0 saturated carbocycles. The third-order valence-corrected chi connectivity index (χ3v) is 7.20. The van der Waals surface area contributed by atoms with E-state index in [-0.39, 0.29) is 36.5 Å². The van der Waals surface area contributed by atoms with E-state index in [0.717, 1.165) is 12.7 Å². The number of hydrogen-bond donors (Lipinski definition) is 5. The average Bonchev–Trinajstić information content (AvgIpc) is 3.67. The number of hydrogen-bond acceptors (Lipinski definition) is 11. The molecule has 2 saturated heterocycles. The normalized spacial score (nSPS) is 22.4. The summed E-state index contributed by atoms with van der Waals surface area (Å²) in [6, 6.07) is 5.26. The molecule has 3 amide bonds. The Morgan fingerprint density at radius 3 is 2.73 bits per heavy atom. The number of ether oxygens (including phenoxy) is 1. The molecule has 2 unspecified atom stereocenters. The maximum absolute atomic E-state index is 13.2. The van der Waals surface area contributed by atoms with Crippen LogP contribution < -0.4 is 16.4 Å². The Morgan fingerprint density at radius 2 is 1.95 bits per heavy atom. The highest BCUT2D eigenvalue weighted by Gasteiger charge is 2.42. The Labute approximate surface area is 228 Å². The van der Waals surface area contributed by atoms with Gasteiger partial charge < -0.3 is 36.2 Å². The summed E-state index contributed by atoms with van der Waals surface area (Å²) in [4.78, 5) is 53.7. The number of nitrogens with two attached hydrogens (primary N) is 1. The first-order valence-electron chi connectivity index (χ1n) is 12.8. The summed E-state index contributed by atoms with van der Waals surface area (Å²) in [5.74, 6) is -0.301. The topological polar surface area (TPSA) is 201 Å². The summed E-state index contributed by atoms with van der Waals surface area (Å²) >= 11 is 0. The maximum Gasteiger partial charge on any atom is 0.252 e. The Kier molecular flexibility index (Phi) is 7.88. The van der Waals surface area contributed by atoms with Crippen LogP contribution in [0.3, 0.4) is 0 Å². The number of benzene rings is 1. The standard InChI is InChI=1S/C24H27N9O5.CH4O/c25-20-19-21(28-11-27-20)33(12-29-19)24-16(34)8-17(38-24)23(37)32-6-4-31(5-7-32)10-18(35)30-15-3-1-2-13-14(15)9-26-22(13)36;1-2/h1-3,11-12,16-17,24,34H,4-10H2,(H,26,36)(H,30,35)(H2,25,27,28);2H,1H3/t16-,17?,24?;/m1./s1. The third-order valence-electron chi connectivity index (χ3n) is 7.20. The van der Waals surface area contributed by atoms with E-state index in [0.29, 0.717) is 55.1 Å². The van der Waals surface area contributed by atoms with Crippen molar-refractivity contribution in [2.45, 2.75) is 31.4 Å². The van der Waals surface area contributed by atoms with Crippen molar-refractivity contribution in [3.8, 4) is 0 Å². The number of nitrogens with one attached hydrogen (secondary N) is 2. The van der Waals surface area contributed by atoms with Crippen LogP contribution in [0, 0.1) is 0 Å². The van der Waals surface area contributed by atoms with Crippen molar-refractivity contribution in [3.05, 3.63) is 42.0 Å². The number of imidazole rings is 1.